The Morgan fingerprint density at radius 1 is 1.00 bits per heavy atom. The normalized spacial score (nSPS) is 10.1. The van der Waals surface area contributed by atoms with Crippen LogP contribution in [0.2, 0.25) is 5.02 Å². The van der Waals surface area contributed by atoms with E-state index in [2.05, 4.69) is 48.0 Å². The molecule has 0 bridgehead atoms. The van der Waals surface area contributed by atoms with Crippen molar-refractivity contribution in [3.8, 4) is 11.5 Å². The van der Waals surface area contributed by atoms with E-state index in [1.165, 1.54) is 0 Å². The lowest BCUT2D eigenvalue weighted by Crippen LogP contribution is -2.50. The Balaban J connectivity index is 1.69. The second-order valence-electron chi connectivity index (χ2n) is 5.82. The van der Waals surface area contributed by atoms with E-state index >= 15 is 0 Å². The molecule has 0 spiro atoms. The summed E-state index contributed by atoms with van der Waals surface area (Å²) in [5, 5.41) is 2.64. The van der Waals surface area contributed by atoms with E-state index in [-0.39, 0.29) is 18.3 Å². The van der Waals surface area contributed by atoms with Gasteiger partial charge in [0, 0.05) is 4.47 Å². The number of hydrogen-bond acceptors (Lipinski definition) is 5. The zero-order chi connectivity index (χ0) is 22.1. The zero-order valence-corrected chi connectivity index (χ0v) is 20.5. The largest absolute Gasteiger partial charge is 0.483 e. The Kier molecular flexibility index (Phi) is 9.83. The topological polar surface area (TPSA) is 88.7 Å². The van der Waals surface area contributed by atoms with E-state index in [1.807, 2.05) is 19.1 Å². The minimum absolute atomic E-state index is 0.0904. The van der Waals surface area contributed by atoms with Gasteiger partial charge in [-0.2, -0.15) is 0 Å². The Morgan fingerprint density at radius 3 is 2.33 bits per heavy atom. The summed E-state index contributed by atoms with van der Waals surface area (Å²) in [5.74, 6) is -0.0904. The van der Waals surface area contributed by atoms with E-state index < -0.39 is 11.8 Å². The molecule has 0 radical (unpaired) electrons. The summed E-state index contributed by atoms with van der Waals surface area (Å²) in [5.41, 5.74) is 5.90. The van der Waals surface area contributed by atoms with E-state index in [9.17, 15) is 9.59 Å². The number of benzene rings is 2. The Bertz CT molecular complexity index is 946. The molecule has 0 saturated heterocycles. The van der Waals surface area contributed by atoms with Crippen molar-refractivity contribution in [2.24, 2.45) is 0 Å². The summed E-state index contributed by atoms with van der Waals surface area (Å²) in [6.07, 6.45) is 0.896. The van der Waals surface area contributed by atoms with Gasteiger partial charge in [-0.25, -0.2) is 0 Å². The number of hydrogen-bond donors (Lipinski definition) is 3. The Labute approximate surface area is 201 Å². The summed E-state index contributed by atoms with van der Waals surface area (Å²) in [6.45, 7) is 1.51. The van der Waals surface area contributed by atoms with Gasteiger partial charge in [0.15, 0.2) is 18.3 Å². The smallest absolute Gasteiger partial charge is 0.276 e. The van der Waals surface area contributed by atoms with E-state index in [0.717, 1.165) is 20.9 Å². The van der Waals surface area contributed by atoms with Crippen LogP contribution in [-0.2, 0) is 16.0 Å². The molecule has 2 aromatic carbocycles. The van der Waals surface area contributed by atoms with Crippen LogP contribution in [0.25, 0.3) is 0 Å². The maximum atomic E-state index is 11.9. The van der Waals surface area contributed by atoms with E-state index in [0.29, 0.717) is 16.5 Å². The SMILES string of the molecule is CCc1ccc(OCC(=O)NNC(=S)NC(=O)COc2ccc(Br)cc2Cl)c(Br)c1. The first-order chi connectivity index (χ1) is 14.3. The average Bonchev–Trinajstić information content (AvgIpc) is 2.70. The summed E-state index contributed by atoms with van der Waals surface area (Å²) in [7, 11) is 0. The van der Waals surface area contributed by atoms with E-state index in [1.54, 1.807) is 24.3 Å². The minimum Gasteiger partial charge on any atom is -0.483 e. The number of carbonyl (C=O) groups excluding carboxylic acids is 2. The number of thiocarbonyl (C=S) groups is 1. The minimum atomic E-state index is -0.517. The van der Waals surface area contributed by atoms with Gasteiger partial charge in [0.25, 0.3) is 11.8 Å². The molecule has 2 amide bonds. The van der Waals surface area contributed by atoms with Crippen molar-refractivity contribution in [3.63, 3.8) is 0 Å². The first-order valence-corrected chi connectivity index (χ1v) is 11.0. The van der Waals surface area contributed by atoms with Crippen molar-refractivity contribution in [2.45, 2.75) is 13.3 Å². The van der Waals surface area contributed by atoms with Crippen LogP contribution in [0.5, 0.6) is 11.5 Å². The van der Waals surface area contributed by atoms with Crippen molar-refractivity contribution >= 4 is 72.6 Å². The number of ether oxygens (including phenoxy) is 2. The molecule has 0 aliphatic heterocycles. The Hall–Kier alpha value is -1.88. The average molecular weight is 580 g/mol. The lowest BCUT2D eigenvalue weighted by molar-refractivity contribution is -0.124. The number of amides is 2. The van der Waals surface area contributed by atoms with Gasteiger partial charge in [-0.05, 0) is 70.5 Å². The summed E-state index contributed by atoms with van der Waals surface area (Å²) in [4.78, 5) is 23.8. The van der Waals surface area contributed by atoms with Crippen LogP contribution in [0.3, 0.4) is 0 Å². The standard InChI is InChI=1S/C19H18Br2ClN3O4S/c1-2-11-3-5-15(13(21)7-11)28-10-18(27)24-25-19(30)23-17(26)9-29-16-6-4-12(20)8-14(16)22/h3-8H,2,9-10H2,1H3,(H,24,27)(H2,23,25,26,30). The highest BCUT2D eigenvalue weighted by molar-refractivity contribution is 9.10. The lowest BCUT2D eigenvalue weighted by Gasteiger charge is -2.13. The van der Waals surface area contributed by atoms with Crippen molar-refractivity contribution in [3.05, 3.63) is 55.9 Å². The number of hydrazine groups is 1. The van der Waals surface area contributed by atoms with Gasteiger partial charge >= 0.3 is 0 Å². The van der Waals surface area contributed by atoms with Crippen molar-refractivity contribution in [1.29, 1.82) is 0 Å². The van der Waals surface area contributed by atoms with Crippen LogP contribution >= 0.6 is 55.7 Å². The molecule has 0 aromatic heterocycles. The number of halogens is 3. The van der Waals surface area contributed by atoms with Crippen LogP contribution in [0.15, 0.2) is 45.3 Å². The van der Waals surface area contributed by atoms with Crippen LogP contribution in [0.4, 0.5) is 0 Å². The molecule has 0 unspecified atom stereocenters. The maximum Gasteiger partial charge on any atom is 0.276 e. The van der Waals surface area contributed by atoms with Gasteiger partial charge < -0.3 is 9.47 Å². The second-order valence-corrected chi connectivity index (χ2v) is 8.41. The molecule has 160 valence electrons. The third-order valence-electron chi connectivity index (χ3n) is 3.58. The molecular formula is C19H18Br2ClN3O4S. The molecule has 0 aliphatic rings. The highest BCUT2D eigenvalue weighted by Crippen LogP contribution is 2.27. The van der Waals surface area contributed by atoms with Gasteiger partial charge in [-0.1, -0.05) is 40.5 Å². The van der Waals surface area contributed by atoms with Gasteiger partial charge in [0.05, 0.1) is 9.50 Å². The molecule has 30 heavy (non-hydrogen) atoms. The molecule has 0 saturated carbocycles. The highest BCUT2D eigenvalue weighted by Gasteiger charge is 2.10. The number of aryl methyl sites for hydroxylation is 1. The maximum absolute atomic E-state index is 11.9. The van der Waals surface area contributed by atoms with Crippen molar-refractivity contribution in [2.75, 3.05) is 13.2 Å². The first-order valence-electron chi connectivity index (χ1n) is 8.66. The number of carbonyl (C=O) groups is 2. The number of rotatable bonds is 7. The van der Waals surface area contributed by atoms with Gasteiger partial charge in [-0.15, -0.1) is 0 Å². The fraction of sp³-hybridized carbons (Fsp3) is 0.211. The fourth-order valence-corrected chi connectivity index (χ4v) is 3.55. The highest BCUT2D eigenvalue weighted by atomic mass is 79.9. The molecule has 2 rings (SSSR count). The van der Waals surface area contributed by atoms with Crippen molar-refractivity contribution < 1.29 is 19.1 Å². The van der Waals surface area contributed by atoms with Crippen LogP contribution < -0.4 is 25.6 Å². The zero-order valence-electron chi connectivity index (χ0n) is 15.8. The quantitative estimate of drug-likeness (QED) is 0.341. The third-order valence-corrected chi connectivity index (χ3v) is 5.20. The predicted octanol–water partition coefficient (Wildman–Crippen LogP) is 3.91. The first kappa shape index (κ1) is 24.4. The monoisotopic (exact) mass is 577 g/mol. The molecule has 0 fully saturated rings. The number of nitrogens with one attached hydrogen (secondary N) is 3. The van der Waals surface area contributed by atoms with Crippen molar-refractivity contribution in [1.82, 2.24) is 16.2 Å². The molecule has 2 aromatic rings. The molecule has 0 aliphatic carbocycles. The molecule has 0 atom stereocenters. The molecule has 3 N–H and O–H groups in total. The van der Waals surface area contributed by atoms with Crippen LogP contribution in [0.1, 0.15) is 12.5 Å². The second kappa shape index (κ2) is 12.1. The predicted molar refractivity (Wildman–Crippen MR) is 126 cm³/mol. The third kappa shape index (κ3) is 8.10. The lowest BCUT2D eigenvalue weighted by atomic mass is 10.2. The van der Waals surface area contributed by atoms with Gasteiger partial charge in [-0.3, -0.25) is 25.8 Å². The Morgan fingerprint density at radius 2 is 1.67 bits per heavy atom. The van der Waals surface area contributed by atoms with E-state index in [4.69, 9.17) is 33.3 Å². The molecule has 7 nitrogen and oxygen atoms in total. The van der Waals surface area contributed by atoms with Crippen LogP contribution in [0, 0.1) is 0 Å². The summed E-state index contributed by atoms with van der Waals surface area (Å²) in [6, 6.07) is 10.6. The fourth-order valence-electron chi connectivity index (χ4n) is 2.12. The van der Waals surface area contributed by atoms with Crippen LogP contribution in [-0.4, -0.2) is 30.1 Å². The van der Waals surface area contributed by atoms with Gasteiger partial charge in [0.2, 0.25) is 0 Å². The molecular weight excluding hydrogens is 562 g/mol. The summed E-state index contributed by atoms with van der Waals surface area (Å²) < 4.78 is 12.3. The molecule has 11 heteroatoms. The van der Waals surface area contributed by atoms with Gasteiger partial charge in [0.1, 0.15) is 11.5 Å². The summed E-state index contributed by atoms with van der Waals surface area (Å²) >= 11 is 17.7. The molecule has 0 heterocycles.